The van der Waals surface area contributed by atoms with Crippen LogP contribution >= 0.6 is 0 Å². The van der Waals surface area contributed by atoms with Crippen molar-refractivity contribution in [2.24, 2.45) is 5.92 Å². The van der Waals surface area contributed by atoms with Crippen LogP contribution in [0.1, 0.15) is 61.9 Å². The standard InChI is InChI=1S/C30H35F2N3O3/c1-5-6-23(15-28(36)37)22-7-10-25(11-8-22)38-18-24-9-12-26-27(17-34-14-13-30(31,32)19-34)33-35(16-20(2)3)29(26)21(24)4/h7-12,20,23H,13-19H2,1-4H3,(H,36,37)/t23-/m0/s1. The number of carbonyl (C=O) groups is 1. The van der Waals surface area contributed by atoms with Crippen LogP contribution < -0.4 is 4.74 Å². The van der Waals surface area contributed by atoms with Crippen molar-refractivity contribution >= 4 is 16.9 Å². The molecule has 0 unspecified atom stereocenters. The number of likely N-dealkylation sites (tertiary alicyclic amines) is 1. The minimum atomic E-state index is -2.63. The predicted molar refractivity (Wildman–Crippen MR) is 143 cm³/mol. The third-order valence-electron chi connectivity index (χ3n) is 6.89. The lowest BCUT2D eigenvalue weighted by atomic mass is 9.96. The normalized spacial score (nSPS) is 16.0. The molecule has 0 amide bonds. The van der Waals surface area contributed by atoms with Gasteiger partial charge in [0.25, 0.3) is 5.92 Å². The summed E-state index contributed by atoms with van der Waals surface area (Å²) in [5, 5.41) is 15.0. The van der Waals surface area contributed by atoms with Gasteiger partial charge in [-0.05, 0) is 48.6 Å². The number of fused-ring (bicyclic) bond motifs is 1. The summed E-state index contributed by atoms with van der Waals surface area (Å²) < 4.78 is 35.6. The average molecular weight is 524 g/mol. The van der Waals surface area contributed by atoms with Crippen molar-refractivity contribution in [2.45, 2.75) is 72.1 Å². The molecule has 1 saturated heterocycles. The van der Waals surface area contributed by atoms with Crippen LogP contribution in [0.2, 0.25) is 0 Å². The molecule has 0 saturated carbocycles. The van der Waals surface area contributed by atoms with Gasteiger partial charge in [0.1, 0.15) is 12.4 Å². The number of ether oxygens (including phenoxy) is 1. The van der Waals surface area contributed by atoms with Crippen molar-refractivity contribution in [1.29, 1.82) is 0 Å². The molecule has 6 nitrogen and oxygen atoms in total. The molecule has 3 aromatic rings. The maximum absolute atomic E-state index is 13.8. The first kappa shape index (κ1) is 27.6. The Morgan fingerprint density at radius 1 is 1.21 bits per heavy atom. The molecule has 1 atom stereocenters. The van der Waals surface area contributed by atoms with Gasteiger partial charge >= 0.3 is 5.97 Å². The second-order valence-corrected chi connectivity index (χ2v) is 10.5. The van der Waals surface area contributed by atoms with Gasteiger partial charge in [0, 0.05) is 31.4 Å². The van der Waals surface area contributed by atoms with Crippen molar-refractivity contribution < 1.29 is 23.4 Å². The highest BCUT2D eigenvalue weighted by Crippen LogP contribution is 2.31. The summed E-state index contributed by atoms with van der Waals surface area (Å²) in [7, 11) is 0. The van der Waals surface area contributed by atoms with Crippen LogP contribution in [-0.2, 0) is 24.5 Å². The third kappa shape index (κ3) is 6.51. The number of rotatable bonds is 10. The number of aromatic nitrogens is 2. The van der Waals surface area contributed by atoms with E-state index in [1.54, 1.807) is 11.8 Å². The molecule has 8 heteroatoms. The summed E-state index contributed by atoms with van der Waals surface area (Å²) in [4.78, 5) is 13.0. The first-order valence-corrected chi connectivity index (χ1v) is 13.0. The number of halogens is 2. The van der Waals surface area contributed by atoms with Gasteiger partial charge in [-0.15, -0.1) is 5.92 Å². The van der Waals surface area contributed by atoms with Gasteiger partial charge in [0.2, 0.25) is 0 Å². The minimum Gasteiger partial charge on any atom is -0.489 e. The molecule has 38 heavy (non-hydrogen) atoms. The first-order chi connectivity index (χ1) is 18.1. The van der Waals surface area contributed by atoms with Crippen LogP contribution in [-0.4, -0.2) is 44.8 Å². The number of aryl methyl sites for hydroxylation is 1. The highest BCUT2D eigenvalue weighted by molar-refractivity contribution is 5.86. The van der Waals surface area contributed by atoms with Gasteiger partial charge in [-0.3, -0.25) is 14.4 Å². The maximum atomic E-state index is 13.8. The van der Waals surface area contributed by atoms with E-state index in [1.165, 1.54) is 0 Å². The van der Waals surface area contributed by atoms with E-state index in [0.29, 0.717) is 31.4 Å². The Balaban J connectivity index is 1.54. The molecule has 0 radical (unpaired) electrons. The summed E-state index contributed by atoms with van der Waals surface area (Å²) in [5.74, 6) is 2.94. The largest absolute Gasteiger partial charge is 0.489 e. The van der Waals surface area contributed by atoms with E-state index < -0.39 is 11.9 Å². The van der Waals surface area contributed by atoms with Gasteiger partial charge < -0.3 is 9.84 Å². The predicted octanol–water partition coefficient (Wildman–Crippen LogP) is 6.00. The fourth-order valence-corrected chi connectivity index (χ4v) is 5.02. The van der Waals surface area contributed by atoms with E-state index in [2.05, 4.69) is 32.6 Å². The number of aliphatic carboxylic acids is 1. The topological polar surface area (TPSA) is 67.6 Å². The Labute approximate surface area is 222 Å². The quantitative estimate of drug-likeness (QED) is 0.330. The van der Waals surface area contributed by atoms with Crippen LogP contribution in [0.4, 0.5) is 8.78 Å². The fraction of sp³-hybridized carbons (Fsp3) is 0.467. The molecule has 0 spiro atoms. The summed E-state index contributed by atoms with van der Waals surface area (Å²) in [5.41, 5.74) is 4.77. The SMILES string of the molecule is CC#C[C@@H](CC(=O)O)c1ccc(OCc2ccc3c(CN4CCC(F)(F)C4)nn(CC(C)C)c3c2C)cc1. The van der Waals surface area contributed by atoms with Gasteiger partial charge in [-0.25, -0.2) is 8.78 Å². The van der Waals surface area contributed by atoms with E-state index in [4.69, 9.17) is 14.9 Å². The molecule has 1 fully saturated rings. The molecule has 1 aliphatic rings. The van der Waals surface area contributed by atoms with Crippen molar-refractivity contribution in [3.05, 3.63) is 58.8 Å². The first-order valence-electron chi connectivity index (χ1n) is 13.0. The number of hydrogen-bond donors (Lipinski definition) is 1. The number of benzene rings is 2. The molecular weight excluding hydrogens is 488 g/mol. The van der Waals surface area contributed by atoms with Crippen molar-refractivity contribution in [2.75, 3.05) is 13.1 Å². The van der Waals surface area contributed by atoms with Gasteiger partial charge in [0.15, 0.2) is 0 Å². The fourth-order valence-electron chi connectivity index (χ4n) is 5.02. The van der Waals surface area contributed by atoms with Crippen LogP contribution in [0.15, 0.2) is 36.4 Å². The zero-order valence-electron chi connectivity index (χ0n) is 22.4. The maximum Gasteiger partial charge on any atom is 0.304 e. The molecule has 1 N–H and O–H groups in total. The summed E-state index contributed by atoms with van der Waals surface area (Å²) in [6.07, 6.45) is -0.155. The number of carboxylic acids is 1. The van der Waals surface area contributed by atoms with Gasteiger partial charge in [-0.1, -0.05) is 44.0 Å². The third-order valence-corrected chi connectivity index (χ3v) is 6.89. The monoisotopic (exact) mass is 523 g/mol. The molecule has 1 aliphatic heterocycles. The molecule has 2 heterocycles. The lowest BCUT2D eigenvalue weighted by Gasteiger charge is -2.14. The molecule has 4 rings (SSSR count). The summed E-state index contributed by atoms with van der Waals surface area (Å²) >= 11 is 0. The molecule has 0 bridgehead atoms. The van der Waals surface area contributed by atoms with Crippen molar-refractivity contribution in [1.82, 2.24) is 14.7 Å². The second-order valence-electron chi connectivity index (χ2n) is 10.5. The molecule has 2 aromatic carbocycles. The van der Waals surface area contributed by atoms with E-state index in [0.717, 1.165) is 39.8 Å². The second kappa shape index (κ2) is 11.5. The van der Waals surface area contributed by atoms with Gasteiger partial charge in [-0.2, -0.15) is 5.10 Å². The summed E-state index contributed by atoms with van der Waals surface area (Å²) in [6.45, 7) is 9.66. The summed E-state index contributed by atoms with van der Waals surface area (Å²) in [6, 6.07) is 11.4. The Morgan fingerprint density at radius 3 is 2.55 bits per heavy atom. The van der Waals surface area contributed by atoms with Crippen LogP contribution in [0.25, 0.3) is 10.9 Å². The average Bonchev–Trinajstić information content (AvgIpc) is 3.37. The van der Waals surface area contributed by atoms with Crippen LogP contribution in [0.5, 0.6) is 5.75 Å². The van der Waals surface area contributed by atoms with Crippen LogP contribution in [0, 0.1) is 24.7 Å². The highest BCUT2D eigenvalue weighted by Gasteiger charge is 2.38. The van der Waals surface area contributed by atoms with Crippen molar-refractivity contribution in [3.8, 4) is 17.6 Å². The number of alkyl halides is 2. The minimum absolute atomic E-state index is 0.0491. The Kier molecular flexibility index (Phi) is 8.37. The number of carboxylic acid groups (broad SMARTS) is 1. The smallest absolute Gasteiger partial charge is 0.304 e. The highest BCUT2D eigenvalue weighted by atomic mass is 19.3. The molecular formula is C30H35F2N3O3. The Hall–Kier alpha value is -3.44. The number of hydrogen-bond acceptors (Lipinski definition) is 4. The van der Waals surface area contributed by atoms with Crippen molar-refractivity contribution in [3.63, 3.8) is 0 Å². The number of nitrogens with zero attached hydrogens (tertiary/aromatic N) is 3. The molecule has 1 aromatic heterocycles. The lowest BCUT2D eigenvalue weighted by molar-refractivity contribution is -0.137. The van der Waals surface area contributed by atoms with E-state index in [-0.39, 0.29) is 25.3 Å². The van der Waals surface area contributed by atoms with E-state index >= 15 is 0 Å². The Morgan fingerprint density at radius 2 is 1.95 bits per heavy atom. The zero-order valence-corrected chi connectivity index (χ0v) is 22.4. The molecule has 0 aliphatic carbocycles. The lowest BCUT2D eigenvalue weighted by Crippen LogP contribution is -2.25. The molecule has 202 valence electrons. The van der Waals surface area contributed by atoms with E-state index in [9.17, 15) is 13.6 Å². The Bertz CT molecular complexity index is 1350. The van der Waals surface area contributed by atoms with E-state index in [1.807, 2.05) is 41.1 Å². The van der Waals surface area contributed by atoms with Crippen LogP contribution in [0.3, 0.4) is 0 Å². The van der Waals surface area contributed by atoms with Gasteiger partial charge in [0.05, 0.1) is 30.1 Å². The zero-order chi connectivity index (χ0) is 27.4.